The van der Waals surface area contributed by atoms with Gasteiger partial charge in [0.25, 0.3) is 0 Å². The molecule has 1 aliphatic heterocycles. The summed E-state index contributed by atoms with van der Waals surface area (Å²) in [5.41, 5.74) is 11.3. The van der Waals surface area contributed by atoms with Crippen molar-refractivity contribution in [2.24, 2.45) is 5.73 Å². The Kier molecular flexibility index (Phi) is 4.05. The van der Waals surface area contributed by atoms with Crippen LogP contribution in [0.2, 0.25) is 10.0 Å². The maximum atomic E-state index is 9.66. The maximum absolute atomic E-state index is 9.66. The Morgan fingerprint density at radius 2 is 1.88 bits per heavy atom. The lowest BCUT2D eigenvalue weighted by Gasteiger charge is -2.32. The molecule has 0 saturated heterocycles. The van der Waals surface area contributed by atoms with E-state index in [0.717, 1.165) is 40.9 Å². The van der Waals surface area contributed by atoms with Crippen LogP contribution in [-0.2, 0) is 11.2 Å². The molecule has 0 spiro atoms. The molecule has 1 unspecified atom stereocenters. The molecule has 2 aliphatic rings. The van der Waals surface area contributed by atoms with Gasteiger partial charge in [0, 0.05) is 32.3 Å². The van der Waals surface area contributed by atoms with Gasteiger partial charge in [-0.15, -0.1) is 0 Å². The van der Waals surface area contributed by atoms with Crippen molar-refractivity contribution in [2.45, 2.75) is 19.1 Å². The first-order valence-corrected chi connectivity index (χ1v) is 8.69. The SMILES string of the molecule is N#CC1=C(c2ccc(Cl)cc2Cl)C2=C(OC1N)c1ccccc1CC2. The van der Waals surface area contributed by atoms with Crippen molar-refractivity contribution in [1.82, 2.24) is 0 Å². The third kappa shape index (κ3) is 2.63. The lowest BCUT2D eigenvalue weighted by atomic mass is 9.81. The summed E-state index contributed by atoms with van der Waals surface area (Å²) in [6.45, 7) is 0. The highest BCUT2D eigenvalue weighted by Crippen LogP contribution is 2.46. The minimum atomic E-state index is -0.823. The van der Waals surface area contributed by atoms with Crippen LogP contribution in [0.5, 0.6) is 0 Å². The van der Waals surface area contributed by atoms with E-state index in [1.807, 2.05) is 24.3 Å². The molecule has 4 rings (SSSR count). The molecule has 3 nitrogen and oxygen atoms in total. The topological polar surface area (TPSA) is 59.0 Å². The fourth-order valence-electron chi connectivity index (χ4n) is 3.48. The number of ether oxygens (including phenoxy) is 1. The summed E-state index contributed by atoms with van der Waals surface area (Å²) in [7, 11) is 0. The van der Waals surface area contributed by atoms with E-state index in [-0.39, 0.29) is 0 Å². The molecule has 124 valence electrons. The van der Waals surface area contributed by atoms with Crippen LogP contribution >= 0.6 is 23.2 Å². The van der Waals surface area contributed by atoms with Crippen LogP contribution in [0, 0.1) is 11.3 Å². The fourth-order valence-corrected chi connectivity index (χ4v) is 3.98. The number of nitrogens with two attached hydrogens (primary N) is 1. The Hall–Kier alpha value is -2.25. The standard InChI is InChI=1S/C20H14Cl2N2O/c21-12-6-8-14(17(22)9-12)18-15-7-5-11-3-1-2-4-13(11)19(15)25-20(24)16(18)10-23/h1-4,6,8-9,20H,5,7,24H2. The van der Waals surface area contributed by atoms with Gasteiger partial charge in [-0.05, 0) is 30.5 Å². The highest BCUT2D eigenvalue weighted by Gasteiger charge is 2.33. The van der Waals surface area contributed by atoms with E-state index in [1.165, 1.54) is 5.56 Å². The van der Waals surface area contributed by atoms with Gasteiger partial charge in [-0.1, -0.05) is 53.5 Å². The predicted octanol–water partition coefficient (Wildman–Crippen LogP) is 4.94. The molecule has 1 heterocycles. The average molecular weight is 369 g/mol. The molecule has 2 N–H and O–H groups in total. The monoisotopic (exact) mass is 368 g/mol. The summed E-state index contributed by atoms with van der Waals surface area (Å²) in [5, 5.41) is 10.7. The van der Waals surface area contributed by atoms with E-state index in [1.54, 1.807) is 12.1 Å². The number of halogens is 2. The lowest BCUT2D eigenvalue weighted by molar-refractivity contribution is 0.205. The number of fused-ring (bicyclic) bond motifs is 2. The van der Waals surface area contributed by atoms with Crippen LogP contribution in [0.3, 0.4) is 0 Å². The number of aryl methyl sites for hydroxylation is 1. The second kappa shape index (κ2) is 6.24. The first kappa shape index (κ1) is 16.2. The summed E-state index contributed by atoms with van der Waals surface area (Å²) >= 11 is 12.5. The van der Waals surface area contributed by atoms with E-state index in [4.69, 9.17) is 33.7 Å². The number of allylic oxidation sites excluding steroid dienone is 2. The summed E-state index contributed by atoms with van der Waals surface area (Å²) in [6, 6.07) is 15.6. The second-order valence-corrected chi connectivity index (χ2v) is 6.87. The third-order valence-corrected chi connectivity index (χ3v) is 5.15. The van der Waals surface area contributed by atoms with Crippen molar-refractivity contribution in [3.8, 4) is 6.07 Å². The highest BCUT2D eigenvalue weighted by molar-refractivity contribution is 6.36. The maximum Gasteiger partial charge on any atom is 0.184 e. The van der Waals surface area contributed by atoms with Crippen LogP contribution in [0.4, 0.5) is 0 Å². The smallest absolute Gasteiger partial charge is 0.184 e. The number of rotatable bonds is 1. The molecule has 0 saturated carbocycles. The molecule has 0 radical (unpaired) electrons. The molecule has 2 aromatic rings. The molecular formula is C20H14Cl2N2O. The molecule has 0 aromatic heterocycles. The fraction of sp³-hybridized carbons (Fsp3) is 0.150. The zero-order valence-electron chi connectivity index (χ0n) is 13.2. The molecule has 1 atom stereocenters. The highest BCUT2D eigenvalue weighted by atomic mass is 35.5. The molecule has 0 fully saturated rings. The number of benzene rings is 2. The molecule has 1 aliphatic carbocycles. The van der Waals surface area contributed by atoms with Gasteiger partial charge in [0.1, 0.15) is 11.8 Å². The van der Waals surface area contributed by atoms with Gasteiger partial charge in [-0.3, -0.25) is 5.73 Å². The minimum Gasteiger partial charge on any atom is -0.470 e. The summed E-state index contributed by atoms with van der Waals surface area (Å²) in [4.78, 5) is 0. The Morgan fingerprint density at radius 1 is 1.08 bits per heavy atom. The largest absolute Gasteiger partial charge is 0.470 e. The summed E-state index contributed by atoms with van der Waals surface area (Å²) in [5.74, 6) is 0.745. The first-order chi connectivity index (χ1) is 12.1. The normalized spacial score (nSPS) is 19.0. The zero-order valence-corrected chi connectivity index (χ0v) is 14.7. The zero-order chi connectivity index (χ0) is 17.6. The first-order valence-electron chi connectivity index (χ1n) is 7.94. The Balaban J connectivity index is 2.00. The number of hydrogen-bond acceptors (Lipinski definition) is 3. The van der Waals surface area contributed by atoms with Crippen LogP contribution in [0.15, 0.2) is 53.6 Å². The van der Waals surface area contributed by atoms with Gasteiger partial charge >= 0.3 is 0 Å². The van der Waals surface area contributed by atoms with Crippen LogP contribution in [-0.4, -0.2) is 6.23 Å². The van der Waals surface area contributed by atoms with Gasteiger partial charge in [0.15, 0.2) is 6.23 Å². The van der Waals surface area contributed by atoms with Crippen molar-refractivity contribution < 1.29 is 4.74 Å². The van der Waals surface area contributed by atoms with E-state index in [0.29, 0.717) is 15.6 Å². The van der Waals surface area contributed by atoms with Crippen molar-refractivity contribution in [1.29, 1.82) is 5.26 Å². The van der Waals surface area contributed by atoms with Gasteiger partial charge < -0.3 is 4.74 Å². The Bertz CT molecular complexity index is 985. The van der Waals surface area contributed by atoms with Crippen LogP contribution in [0.25, 0.3) is 11.3 Å². The Labute approximate surface area is 155 Å². The molecule has 0 bridgehead atoms. The van der Waals surface area contributed by atoms with Crippen molar-refractivity contribution in [2.75, 3.05) is 0 Å². The molecule has 0 amide bonds. The summed E-state index contributed by atoms with van der Waals surface area (Å²) < 4.78 is 5.94. The molecule has 2 aromatic carbocycles. The third-order valence-electron chi connectivity index (χ3n) is 4.60. The average Bonchev–Trinajstić information content (AvgIpc) is 2.61. The quantitative estimate of drug-likeness (QED) is 0.774. The van der Waals surface area contributed by atoms with Crippen molar-refractivity contribution >= 4 is 34.5 Å². The second-order valence-electron chi connectivity index (χ2n) is 6.03. The van der Waals surface area contributed by atoms with Gasteiger partial charge in [0.2, 0.25) is 0 Å². The van der Waals surface area contributed by atoms with E-state index >= 15 is 0 Å². The van der Waals surface area contributed by atoms with E-state index in [2.05, 4.69) is 12.1 Å². The molecule has 5 heteroatoms. The van der Waals surface area contributed by atoms with E-state index in [9.17, 15) is 5.26 Å². The molecule has 25 heavy (non-hydrogen) atoms. The van der Waals surface area contributed by atoms with Crippen LogP contribution in [0.1, 0.15) is 23.1 Å². The van der Waals surface area contributed by atoms with Gasteiger partial charge in [-0.2, -0.15) is 5.26 Å². The van der Waals surface area contributed by atoms with Crippen molar-refractivity contribution in [3.05, 3.63) is 80.3 Å². The predicted molar refractivity (Wildman–Crippen MR) is 99.7 cm³/mol. The minimum absolute atomic E-state index is 0.391. The number of nitriles is 1. The van der Waals surface area contributed by atoms with Crippen LogP contribution < -0.4 is 5.73 Å². The van der Waals surface area contributed by atoms with E-state index < -0.39 is 6.23 Å². The Morgan fingerprint density at radius 3 is 2.64 bits per heavy atom. The summed E-state index contributed by atoms with van der Waals surface area (Å²) in [6.07, 6.45) is 0.816. The van der Waals surface area contributed by atoms with Gasteiger partial charge in [-0.25, -0.2) is 0 Å². The molecular weight excluding hydrogens is 355 g/mol. The van der Waals surface area contributed by atoms with Gasteiger partial charge in [0.05, 0.1) is 5.57 Å². The van der Waals surface area contributed by atoms with Crippen molar-refractivity contribution in [3.63, 3.8) is 0 Å². The number of nitrogens with zero attached hydrogens (tertiary/aromatic N) is 1. The number of hydrogen-bond donors (Lipinski definition) is 1. The lowest BCUT2D eigenvalue weighted by Crippen LogP contribution is -2.31.